The van der Waals surface area contributed by atoms with Gasteiger partial charge in [0.1, 0.15) is 22.3 Å². The highest BCUT2D eigenvalue weighted by molar-refractivity contribution is 6.55. The van der Waals surface area contributed by atoms with Crippen LogP contribution in [-0.4, -0.2) is 62.2 Å². The van der Waals surface area contributed by atoms with Crippen molar-refractivity contribution >= 4 is 64.0 Å². The molecular weight excluding hydrogens is 461 g/mol. The molecule has 150 valence electrons. The van der Waals surface area contributed by atoms with E-state index in [-0.39, 0.29) is 30.9 Å². The van der Waals surface area contributed by atoms with E-state index in [2.05, 4.69) is 11.5 Å². The molecular formula is C13H15Cl5O8. The Kier molecular flexibility index (Phi) is 15.5. The van der Waals surface area contributed by atoms with E-state index in [1.165, 1.54) is 0 Å². The summed E-state index contributed by atoms with van der Waals surface area (Å²) in [5.74, 6) is -1.20. The molecule has 0 fully saturated rings. The molecule has 8 nitrogen and oxygen atoms in total. The van der Waals surface area contributed by atoms with E-state index in [4.69, 9.17) is 83.7 Å². The number of aliphatic hydroxyl groups excluding tert-OH is 4. The van der Waals surface area contributed by atoms with Gasteiger partial charge in [-0.3, -0.25) is 4.89 Å². The van der Waals surface area contributed by atoms with Crippen molar-refractivity contribution in [3.8, 4) is 5.75 Å². The van der Waals surface area contributed by atoms with Gasteiger partial charge < -0.3 is 25.5 Å². The van der Waals surface area contributed by atoms with Crippen LogP contribution in [0.1, 0.15) is 0 Å². The van der Waals surface area contributed by atoms with Gasteiger partial charge >= 0.3 is 5.97 Å². The zero-order chi connectivity index (χ0) is 21.0. The predicted molar refractivity (Wildman–Crippen MR) is 98.3 cm³/mol. The van der Waals surface area contributed by atoms with Gasteiger partial charge in [0.05, 0.1) is 28.3 Å². The molecule has 0 bridgehead atoms. The van der Waals surface area contributed by atoms with Gasteiger partial charge in [0, 0.05) is 6.08 Å². The number of hydrogen-bond acceptors (Lipinski definition) is 8. The number of aromatic hydroxyl groups is 1. The minimum Gasteiger partial charge on any atom is -0.505 e. The molecule has 0 saturated heterocycles. The van der Waals surface area contributed by atoms with E-state index in [0.717, 1.165) is 6.08 Å². The molecule has 0 radical (unpaired) electrons. The lowest BCUT2D eigenvalue weighted by molar-refractivity contribution is -0.228. The summed E-state index contributed by atoms with van der Waals surface area (Å²) in [7, 11) is 0. The molecule has 0 aliphatic rings. The van der Waals surface area contributed by atoms with Crippen LogP contribution in [0.2, 0.25) is 25.1 Å². The van der Waals surface area contributed by atoms with Gasteiger partial charge in [-0.25, -0.2) is 4.79 Å². The van der Waals surface area contributed by atoms with Crippen molar-refractivity contribution in [1.29, 1.82) is 0 Å². The van der Waals surface area contributed by atoms with Gasteiger partial charge in [0.15, 0.2) is 5.75 Å². The minimum absolute atomic E-state index is 0.00904. The Morgan fingerprint density at radius 2 is 1.23 bits per heavy atom. The summed E-state index contributed by atoms with van der Waals surface area (Å²) in [6.07, 6.45) is -1.58. The first-order valence-electron chi connectivity index (χ1n) is 6.25. The predicted octanol–water partition coefficient (Wildman–Crippen LogP) is 2.54. The Balaban J connectivity index is 0. The fraction of sp³-hybridized carbons (Fsp3) is 0.308. The molecule has 0 heterocycles. The van der Waals surface area contributed by atoms with Crippen molar-refractivity contribution in [1.82, 2.24) is 0 Å². The highest BCUT2D eigenvalue weighted by atomic mass is 35.5. The standard InChI is InChI=1S/C6HCl5O.C4H10O4.C3H4O3/c7-1-2(8)4(10)6(12)5(11)3(1)9;5-1-3(7)4(8)2-6;1-2-3(4)6-5/h12H;3-8H,1-2H2;2,5H,1H2. The molecule has 13 heteroatoms. The van der Waals surface area contributed by atoms with Crippen LogP contribution >= 0.6 is 58.0 Å². The van der Waals surface area contributed by atoms with Crippen LogP contribution in [0, 0.1) is 0 Å². The van der Waals surface area contributed by atoms with Crippen LogP contribution in [0.25, 0.3) is 0 Å². The van der Waals surface area contributed by atoms with E-state index in [1.54, 1.807) is 0 Å². The Bertz CT molecular complexity index is 485. The molecule has 6 N–H and O–H groups in total. The summed E-state index contributed by atoms with van der Waals surface area (Å²) >= 11 is 27.9. The highest BCUT2D eigenvalue weighted by Crippen LogP contribution is 2.47. The number of hydrogen-bond donors (Lipinski definition) is 6. The Labute approximate surface area is 173 Å². The summed E-state index contributed by atoms with van der Waals surface area (Å²) in [5.41, 5.74) is 0. The maximum atomic E-state index is 9.59. The lowest BCUT2D eigenvalue weighted by Crippen LogP contribution is -2.31. The number of phenols is 1. The quantitative estimate of drug-likeness (QED) is 0.128. The van der Waals surface area contributed by atoms with Crippen molar-refractivity contribution in [3.05, 3.63) is 37.8 Å². The fourth-order valence-electron chi connectivity index (χ4n) is 0.874. The molecule has 0 aliphatic heterocycles. The number of rotatable bonds is 4. The third-order valence-corrected chi connectivity index (χ3v) is 4.52. The first-order valence-corrected chi connectivity index (χ1v) is 8.14. The van der Waals surface area contributed by atoms with Gasteiger partial charge in [-0.15, -0.1) is 0 Å². The molecule has 1 rings (SSSR count). The SMILES string of the molecule is C=CC(=O)OO.OCC(O)C(O)CO.Oc1c(Cl)c(Cl)c(Cl)c(Cl)c1Cl. The van der Waals surface area contributed by atoms with Crippen LogP contribution in [0.3, 0.4) is 0 Å². The zero-order valence-electron chi connectivity index (χ0n) is 12.7. The van der Waals surface area contributed by atoms with E-state index >= 15 is 0 Å². The molecule has 1 aromatic rings. The molecule has 2 unspecified atom stereocenters. The second-order valence-corrected chi connectivity index (χ2v) is 5.92. The number of carbonyl (C=O) groups is 1. The van der Waals surface area contributed by atoms with Crippen molar-refractivity contribution in [2.45, 2.75) is 12.2 Å². The van der Waals surface area contributed by atoms with E-state index in [9.17, 15) is 9.90 Å². The minimum atomic E-state index is -1.22. The van der Waals surface area contributed by atoms with Crippen LogP contribution in [0.5, 0.6) is 5.75 Å². The molecule has 0 spiro atoms. The number of benzene rings is 1. The number of phenolic OH excluding ortho intramolecular Hbond substituents is 1. The first-order chi connectivity index (χ1) is 12.0. The average molecular weight is 477 g/mol. The molecule has 26 heavy (non-hydrogen) atoms. The molecule has 0 saturated carbocycles. The van der Waals surface area contributed by atoms with E-state index < -0.39 is 31.4 Å². The topological polar surface area (TPSA) is 148 Å². The Hall–Kier alpha value is -0.520. The van der Waals surface area contributed by atoms with Gasteiger partial charge in [0.25, 0.3) is 0 Å². The third-order valence-electron chi connectivity index (χ3n) is 2.26. The molecule has 0 aliphatic carbocycles. The maximum absolute atomic E-state index is 9.59. The van der Waals surface area contributed by atoms with Gasteiger partial charge in [0.2, 0.25) is 0 Å². The molecule has 0 amide bonds. The van der Waals surface area contributed by atoms with Crippen LogP contribution in [-0.2, 0) is 9.68 Å². The number of halogens is 5. The fourth-order valence-corrected chi connectivity index (χ4v) is 2.00. The van der Waals surface area contributed by atoms with Crippen LogP contribution < -0.4 is 0 Å². The summed E-state index contributed by atoms with van der Waals surface area (Å²) in [6.45, 7) is 1.94. The van der Waals surface area contributed by atoms with Crippen molar-refractivity contribution < 1.29 is 40.5 Å². The summed E-state index contributed by atoms with van der Waals surface area (Å²) in [6, 6.07) is 0. The summed E-state index contributed by atoms with van der Waals surface area (Å²) < 4.78 is 0. The largest absolute Gasteiger partial charge is 0.505 e. The molecule has 2 atom stereocenters. The second kappa shape index (κ2) is 14.5. The van der Waals surface area contributed by atoms with Crippen molar-refractivity contribution in [2.75, 3.05) is 13.2 Å². The highest BCUT2D eigenvalue weighted by Gasteiger charge is 2.18. The third kappa shape index (κ3) is 9.43. The second-order valence-electron chi connectivity index (χ2n) is 4.03. The number of aliphatic hydroxyl groups is 4. The maximum Gasteiger partial charge on any atom is 0.365 e. The summed E-state index contributed by atoms with van der Waals surface area (Å²) in [5, 5.41) is 49.6. The van der Waals surface area contributed by atoms with Gasteiger partial charge in [-0.1, -0.05) is 64.6 Å². The van der Waals surface area contributed by atoms with Crippen molar-refractivity contribution in [3.63, 3.8) is 0 Å². The van der Waals surface area contributed by atoms with Crippen LogP contribution in [0.15, 0.2) is 12.7 Å². The monoisotopic (exact) mass is 474 g/mol. The Morgan fingerprint density at radius 1 is 0.923 bits per heavy atom. The van der Waals surface area contributed by atoms with Crippen LogP contribution in [0.4, 0.5) is 0 Å². The first kappa shape index (κ1) is 27.7. The Morgan fingerprint density at radius 3 is 1.42 bits per heavy atom. The van der Waals surface area contributed by atoms with E-state index in [0.29, 0.717) is 0 Å². The average Bonchev–Trinajstić information content (AvgIpc) is 2.68. The van der Waals surface area contributed by atoms with Gasteiger partial charge in [-0.05, 0) is 0 Å². The lowest BCUT2D eigenvalue weighted by Gasteiger charge is -2.10. The van der Waals surface area contributed by atoms with Crippen molar-refractivity contribution in [2.24, 2.45) is 0 Å². The molecule has 1 aromatic carbocycles. The summed E-state index contributed by atoms with van der Waals surface area (Å²) in [4.78, 5) is 12.7. The van der Waals surface area contributed by atoms with E-state index in [1.807, 2.05) is 0 Å². The number of carbonyl (C=O) groups excluding carboxylic acids is 1. The zero-order valence-corrected chi connectivity index (χ0v) is 16.5. The molecule has 0 aromatic heterocycles. The smallest absolute Gasteiger partial charge is 0.365 e. The van der Waals surface area contributed by atoms with Gasteiger partial charge in [-0.2, -0.15) is 5.26 Å². The normalized spacial score (nSPS) is 11.9. The lowest BCUT2D eigenvalue weighted by atomic mass is 10.2.